The quantitative estimate of drug-likeness (QED) is 0.565. The molecule has 0 saturated carbocycles. The van der Waals surface area contributed by atoms with E-state index in [0.717, 1.165) is 25.7 Å². The van der Waals surface area contributed by atoms with Crippen LogP contribution in [-0.2, 0) is 9.53 Å². The topological polar surface area (TPSA) is 58.6 Å². The molecule has 96 valence electrons. The van der Waals surface area contributed by atoms with Crippen molar-refractivity contribution in [3.8, 4) is 0 Å². The monoisotopic (exact) mass is 231 g/mol. The average molecular weight is 231 g/mol. The van der Waals surface area contributed by atoms with E-state index in [0.29, 0.717) is 13.2 Å². The van der Waals surface area contributed by atoms with Gasteiger partial charge in [0.15, 0.2) is 0 Å². The molecule has 0 aromatic heterocycles. The molecule has 0 rings (SSSR count). The Morgan fingerprint density at radius 2 is 2.00 bits per heavy atom. The fourth-order valence-corrected chi connectivity index (χ4v) is 1.32. The number of hydrogen-bond acceptors (Lipinski definition) is 3. The van der Waals surface area contributed by atoms with E-state index in [-0.39, 0.29) is 6.61 Å². The maximum atomic E-state index is 11.1. The summed E-state index contributed by atoms with van der Waals surface area (Å²) < 4.78 is 5.42. The van der Waals surface area contributed by atoms with E-state index in [1.165, 1.54) is 0 Å². The van der Waals surface area contributed by atoms with Crippen LogP contribution in [0.5, 0.6) is 0 Å². The first-order chi connectivity index (χ1) is 7.56. The number of hydrogen-bond donors (Lipinski definition) is 2. The van der Waals surface area contributed by atoms with E-state index >= 15 is 0 Å². The van der Waals surface area contributed by atoms with Gasteiger partial charge < -0.3 is 15.2 Å². The van der Waals surface area contributed by atoms with Crippen LogP contribution >= 0.6 is 0 Å². The second-order valence-corrected chi connectivity index (χ2v) is 4.32. The number of rotatable bonds is 10. The van der Waals surface area contributed by atoms with Gasteiger partial charge in [-0.05, 0) is 26.3 Å². The summed E-state index contributed by atoms with van der Waals surface area (Å²) in [6.07, 6.45) is 4.19. The minimum absolute atomic E-state index is 0.228. The highest BCUT2D eigenvalue weighted by Gasteiger charge is 2.32. The van der Waals surface area contributed by atoms with E-state index in [1.807, 2.05) is 6.92 Å². The highest BCUT2D eigenvalue weighted by molar-refractivity contribution is 5.78. The Balaban J connectivity index is 3.88. The van der Waals surface area contributed by atoms with Gasteiger partial charge in [-0.1, -0.05) is 26.7 Å². The highest BCUT2D eigenvalue weighted by Crippen LogP contribution is 2.06. The molecule has 0 amide bonds. The van der Waals surface area contributed by atoms with Crippen molar-refractivity contribution < 1.29 is 14.6 Å². The first-order valence-corrected chi connectivity index (χ1v) is 6.13. The maximum absolute atomic E-state index is 11.1. The molecule has 4 heteroatoms. The minimum Gasteiger partial charge on any atom is -0.480 e. The zero-order valence-corrected chi connectivity index (χ0v) is 10.7. The lowest BCUT2D eigenvalue weighted by Gasteiger charge is -2.25. The van der Waals surface area contributed by atoms with Crippen LogP contribution in [0.1, 0.15) is 46.5 Å². The van der Waals surface area contributed by atoms with Crippen molar-refractivity contribution in [1.82, 2.24) is 5.32 Å². The van der Waals surface area contributed by atoms with Gasteiger partial charge in [-0.25, -0.2) is 0 Å². The largest absolute Gasteiger partial charge is 0.480 e. The predicted octanol–water partition coefficient (Wildman–Crippen LogP) is 2.04. The number of carbonyl (C=O) groups is 1. The molecule has 0 bridgehead atoms. The maximum Gasteiger partial charge on any atom is 0.326 e. The molecular weight excluding hydrogens is 206 g/mol. The summed E-state index contributed by atoms with van der Waals surface area (Å²) >= 11 is 0. The van der Waals surface area contributed by atoms with Gasteiger partial charge in [0.25, 0.3) is 0 Å². The molecular formula is C12H25NO3. The van der Waals surface area contributed by atoms with Crippen molar-refractivity contribution in [2.75, 3.05) is 19.8 Å². The van der Waals surface area contributed by atoms with Crippen molar-refractivity contribution in [1.29, 1.82) is 0 Å². The molecule has 0 spiro atoms. The Hall–Kier alpha value is -0.610. The second-order valence-electron chi connectivity index (χ2n) is 4.32. The van der Waals surface area contributed by atoms with Crippen molar-refractivity contribution in [3.63, 3.8) is 0 Å². The molecule has 1 atom stereocenters. The van der Waals surface area contributed by atoms with Crippen LogP contribution < -0.4 is 5.32 Å². The summed E-state index contributed by atoms with van der Waals surface area (Å²) in [7, 11) is 0. The number of ether oxygens (including phenoxy) is 1. The van der Waals surface area contributed by atoms with Crippen molar-refractivity contribution >= 4 is 5.97 Å². The van der Waals surface area contributed by atoms with Gasteiger partial charge in [0.05, 0.1) is 6.61 Å². The van der Waals surface area contributed by atoms with E-state index in [9.17, 15) is 4.79 Å². The Morgan fingerprint density at radius 3 is 2.50 bits per heavy atom. The Labute approximate surface area is 98.4 Å². The highest BCUT2D eigenvalue weighted by atomic mass is 16.5. The molecule has 0 aliphatic heterocycles. The molecule has 16 heavy (non-hydrogen) atoms. The standard InChI is InChI=1S/C12H25NO3/c1-4-6-7-9-16-10-12(3,11(14)15)13-8-5-2/h13H,4-10H2,1-3H3,(H,14,15). The summed E-state index contributed by atoms with van der Waals surface area (Å²) in [4.78, 5) is 11.1. The Morgan fingerprint density at radius 1 is 1.31 bits per heavy atom. The Bertz CT molecular complexity index is 197. The van der Waals surface area contributed by atoms with E-state index < -0.39 is 11.5 Å². The predicted molar refractivity (Wildman–Crippen MR) is 64.7 cm³/mol. The molecule has 0 aromatic carbocycles. The molecule has 1 unspecified atom stereocenters. The first kappa shape index (κ1) is 15.4. The zero-order valence-electron chi connectivity index (χ0n) is 10.7. The second kappa shape index (κ2) is 8.53. The third-order valence-corrected chi connectivity index (χ3v) is 2.52. The van der Waals surface area contributed by atoms with E-state index in [4.69, 9.17) is 9.84 Å². The zero-order chi connectivity index (χ0) is 12.4. The van der Waals surface area contributed by atoms with Gasteiger partial charge in [0, 0.05) is 6.61 Å². The van der Waals surface area contributed by atoms with Gasteiger partial charge in [-0.2, -0.15) is 0 Å². The van der Waals surface area contributed by atoms with Crippen molar-refractivity contribution in [3.05, 3.63) is 0 Å². The van der Waals surface area contributed by atoms with Crippen LogP contribution in [0.4, 0.5) is 0 Å². The molecule has 2 N–H and O–H groups in total. The van der Waals surface area contributed by atoms with Gasteiger partial charge in [-0.15, -0.1) is 0 Å². The number of nitrogens with one attached hydrogen (secondary N) is 1. The number of aliphatic carboxylic acids is 1. The third-order valence-electron chi connectivity index (χ3n) is 2.52. The minimum atomic E-state index is -0.956. The van der Waals surface area contributed by atoms with Crippen LogP contribution in [0.25, 0.3) is 0 Å². The van der Waals surface area contributed by atoms with Crippen molar-refractivity contribution in [2.45, 2.75) is 52.0 Å². The van der Waals surface area contributed by atoms with Crippen LogP contribution in [0, 0.1) is 0 Å². The molecule has 0 radical (unpaired) electrons. The van der Waals surface area contributed by atoms with Gasteiger partial charge >= 0.3 is 5.97 Å². The lowest BCUT2D eigenvalue weighted by molar-refractivity contribution is -0.146. The summed E-state index contributed by atoms with van der Waals surface area (Å²) in [5.74, 6) is -0.851. The van der Waals surface area contributed by atoms with E-state index in [2.05, 4.69) is 12.2 Å². The average Bonchev–Trinajstić information content (AvgIpc) is 2.26. The first-order valence-electron chi connectivity index (χ1n) is 6.13. The third kappa shape index (κ3) is 6.08. The fourth-order valence-electron chi connectivity index (χ4n) is 1.32. The van der Waals surface area contributed by atoms with Gasteiger partial charge in [-0.3, -0.25) is 4.79 Å². The number of carboxylic acids is 1. The number of unbranched alkanes of at least 4 members (excludes halogenated alkanes) is 2. The normalized spacial score (nSPS) is 14.7. The molecule has 0 saturated heterocycles. The van der Waals surface area contributed by atoms with E-state index in [1.54, 1.807) is 6.92 Å². The van der Waals surface area contributed by atoms with Crippen LogP contribution in [0.3, 0.4) is 0 Å². The Kier molecular flexibility index (Phi) is 8.21. The van der Waals surface area contributed by atoms with Crippen LogP contribution in [-0.4, -0.2) is 36.4 Å². The SMILES string of the molecule is CCCCCOCC(C)(NCCC)C(=O)O. The summed E-state index contributed by atoms with van der Waals surface area (Å²) in [5.41, 5.74) is -0.956. The van der Waals surface area contributed by atoms with Crippen LogP contribution in [0.2, 0.25) is 0 Å². The lowest BCUT2D eigenvalue weighted by Crippen LogP contribution is -2.53. The van der Waals surface area contributed by atoms with Gasteiger partial charge in [0.2, 0.25) is 0 Å². The van der Waals surface area contributed by atoms with Crippen molar-refractivity contribution in [2.24, 2.45) is 0 Å². The smallest absolute Gasteiger partial charge is 0.326 e. The summed E-state index contributed by atoms with van der Waals surface area (Å²) in [6, 6.07) is 0. The molecule has 0 aliphatic carbocycles. The molecule has 0 fully saturated rings. The number of carboxylic acid groups (broad SMARTS) is 1. The lowest BCUT2D eigenvalue weighted by atomic mass is 10.0. The molecule has 4 nitrogen and oxygen atoms in total. The van der Waals surface area contributed by atoms with Crippen LogP contribution in [0.15, 0.2) is 0 Å². The summed E-state index contributed by atoms with van der Waals surface area (Å²) in [6.45, 7) is 7.38. The van der Waals surface area contributed by atoms with Gasteiger partial charge in [0.1, 0.15) is 5.54 Å². The summed E-state index contributed by atoms with van der Waals surface area (Å²) in [5, 5.41) is 12.1. The molecule has 0 heterocycles. The molecule has 0 aromatic rings. The molecule has 0 aliphatic rings. The fraction of sp³-hybridized carbons (Fsp3) is 0.917.